The molecule has 1 aliphatic heterocycles. The lowest BCUT2D eigenvalue weighted by Gasteiger charge is -2.33. The number of rotatable bonds is 11. The molecule has 3 aromatic carbocycles. The summed E-state index contributed by atoms with van der Waals surface area (Å²) < 4.78 is 11.2. The highest BCUT2D eigenvalue weighted by Crippen LogP contribution is 2.33. The Hall–Kier alpha value is -4.33. The highest BCUT2D eigenvalue weighted by atomic mass is 16.6. The Morgan fingerprint density at radius 3 is 2.04 bits per heavy atom. The average molecular weight is 621 g/mol. The van der Waals surface area contributed by atoms with E-state index in [0.29, 0.717) is 17.5 Å². The Bertz CT molecular complexity index is 1560. The first kappa shape index (κ1) is 33.0. The molecule has 7 nitrogen and oxygen atoms in total. The predicted octanol–water partition coefficient (Wildman–Crippen LogP) is 6.71. The summed E-state index contributed by atoms with van der Waals surface area (Å²) in [6, 6.07) is 30.5. The van der Waals surface area contributed by atoms with Crippen LogP contribution in [0.5, 0.6) is 0 Å². The fourth-order valence-electron chi connectivity index (χ4n) is 5.80. The van der Waals surface area contributed by atoms with E-state index >= 15 is 0 Å². The van der Waals surface area contributed by atoms with Crippen LogP contribution in [0.25, 0.3) is 11.1 Å². The fraction of sp³-hybridized carbons (Fsp3) is 0.359. The molecule has 0 unspecified atom stereocenters. The van der Waals surface area contributed by atoms with Crippen LogP contribution in [0.1, 0.15) is 62.4 Å². The maximum atomic E-state index is 13.7. The Balaban J connectivity index is 1.22. The number of aromatic nitrogens is 1. The lowest BCUT2D eigenvalue weighted by molar-refractivity contribution is -0.164. The van der Waals surface area contributed by atoms with Crippen LogP contribution in [0.4, 0.5) is 0 Å². The molecule has 240 valence electrons. The summed E-state index contributed by atoms with van der Waals surface area (Å²) in [5.74, 6) is -0.672. The number of ether oxygens (including phenoxy) is 2. The number of piperidine rings is 1. The van der Waals surface area contributed by atoms with Crippen molar-refractivity contribution in [3.05, 3.63) is 126 Å². The van der Waals surface area contributed by atoms with Gasteiger partial charge in [0.25, 0.3) is 0 Å². The summed E-state index contributed by atoms with van der Waals surface area (Å²) in [5, 5.41) is 12.0. The van der Waals surface area contributed by atoms with Crippen molar-refractivity contribution in [3.63, 3.8) is 0 Å². The lowest BCUT2D eigenvalue weighted by Crippen LogP contribution is -2.40. The predicted molar refractivity (Wildman–Crippen MR) is 179 cm³/mol. The van der Waals surface area contributed by atoms with Gasteiger partial charge in [0.15, 0.2) is 0 Å². The maximum absolute atomic E-state index is 13.7. The molecule has 5 rings (SSSR count). The third-order valence-corrected chi connectivity index (χ3v) is 8.36. The van der Waals surface area contributed by atoms with Gasteiger partial charge in [-0.25, -0.2) is 4.79 Å². The minimum absolute atomic E-state index is 0.248. The Labute approximate surface area is 272 Å². The standard InChI is InChI=1S/C39H44N2O5/c1-38(2,3)46-36(42)21-20-35-19-16-32(26-40-35)31-14-17-34(18-15-31)39(44,33-12-8-5-9-13-33)37(43)45-28-30-22-24-41(25-23-30)27-29-10-6-4-7-11-29/h4-19,26,30,44H,20-25,27-28H2,1-3H3/t39-/m0/s1. The molecule has 2 heterocycles. The number of nitrogens with zero attached hydrogens (tertiary/aromatic N) is 2. The van der Waals surface area contributed by atoms with E-state index in [1.165, 1.54) is 5.56 Å². The SMILES string of the molecule is CC(C)(C)OC(=O)CCc1ccc(-c2ccc([C@](O)(C(=O)OCC3CCN(Cc4ccccc4)CC3)c3ccccc3)cc2)cn1. The minimum Gasteiger partial charge on any atom is -0.463 e. The topological polar surface area (TPSA) is 89.0 Å². The number of carbonyl (C=O) groups is 2. The molecule has 1 atom stereocenters. The van der Waals surface area contributed by atoms with Gasteiger partial charge >= 0.3 is 11.9 Å². The minimum atomic E-state index is -1.95. The molecule has 1 aromatic heterocycles. The van der Waals surface area contributed by atoms with Gasteiger partial charge in [0.1, 0.15) is 5.60 Å². The first-order valence-corrected chi connectivity index (χ1v) is 16.1. The van der Waals surface area contributed by atoms with Crippen molar-refractivity contribution in [1.82, 2.24) is 9.88 Å². The second-order valence-electron chi connectivity index (χ2n) is 13.1. The van der Waals surface area contributed by atoms with Crippen LogP contribution < -0.4 is 0 Å². The van der Waals surface area contributed by atoms with Crippen LogP contribution >= 0.6 is 0 Å². The molecule has 1 aliphatic rings. The molecule has 1 saturated heterocycles. The summed E-state index contributed by atoms with van der Waals surface area (Å²) in [6.45, 7) is 8.64. The van der Waals surface area contributed by atoms with Crippen molar-refractivity contribution in [3.8, 4) is 11.1 Å². The molecule has 1 fully saturated rings. The van der Waals surface area contributed by atoms with Crippen molar-refractivity contribution < 1.29 is 24.2 Å². The van der Waals surface area contributed by atoms with E-state index in [2.05, 4.69) is 34.1 Å². The first-order valence-electron chi connectivity index (χ1n) is 16.1. The summed E-state index contributed by atoms with van der Waals surface area (Å²) in [6.07, 6.45) is 4.40. The van der Waals surface area contributed by atoms with E-state index in [9.17, 15) is 14.7 Å². The van der Waals surface area contributed by atoms with E-state index in [4.69, 9.17) is 9.47 Å². The maximum Gasteiger partial charge on any atom is 0.347 e. The number of benzene rings is 3. The summed E-state index contributed by atoms with van der Waals surface area (Å²) >= 11 is 0. The highest BCUT2D eigenvalue weighted by molar-refractivity contribution is 5.85. The van der Waals surface area contributed by atoms with E-state index in [1.807, 2.05) is 57.2 Å². The third-order valence-electron chi connectivity index (χ3n) is 8.36. The molecular weight excluding hydrogens is 576 g/mol. The van der Waals surface area contributed by atoms with Crippen LogP contribution in [0.15, 0.2) is 103 Å². The van der Waals surface area contributed by atoms with Crippen LogP contribution in [0.2, 0.25) is 0 Å². The number of aryl methyl sites for hydroxylation is 1. The third kappa shape index (κ3) is 8.68. The molecule has 0 radical (unpaired) electrons. The Morgan fingerprint density at radius 1 is 0.826 bits per heavy atom. The molecule has 0 spiro atoms. The number of carbonyl (C=O) groups excluding carboxylic acids is 2. The summed E-state index contributed by atoms with van der Waals surface area (Å²) in [5.41, 5.74) is 2.32. The number of aliphatic hydroxyl groups is 1. The fourth-order valence-corrected chi connectivity index (χ4v) is 5.80. The monoisotopic (exact) mass is 620 g/mol. The Kier molecular flexibility index (Phi) is 10.7. The van der Waals surface area contributed by atoms with E-state index in [0.717, 1.165) is 49.3 Å². The zero-order valence-electron chi connectivity index (χ0n) is 27.0. The van der Waals surface area contributed by atoms with Crippen LogP contribution in [0, 0.1) is 5.92 Å². The smallest absolute Gasteiger partial charge is 0.347 e. The second-order valence-corrected chi connectivity index (χ2v) is 13.1. The van der Waals surface area contributed by atoms with Gasteiger partial charge in [0, 0.05) is 30.4 Å². The van der Waals surface area contributed by atoms with Gasteiger partial charge < -0.3 is 14.6 Å². The molecular formula is C39H44N2O5. The zero-order valence-corrected chi connectivity index (χ0v) is 27.0. The van der Waals surface area contributed by atoms with Crippen LogP contribution in [-0.4, -0.2) is 52.2 Å². The quantitative estimate of drug-likeness (QED) is 0.186. The van der Waals surface area contributed by atoms with Gasteiger partial charge in [-0.15, -0.1) is 0 Å². The van der Waals surface area contributed by atoms with Crippen molar-refractivity contribution in [1.29, 1.82) is 0 Å². The Morgan fingerprint density at radius 2 is 1.43 bits per heavy atom. The number of hydrogen-bond acceptors (Lipinski definition) is 7. The highest BCUT2D eigenvalue weighted by Gasteiger charge is 2.42. The van der Waals surface area contributed by atoms with Crippen molar-refractivity contribution >= 4 is 11.9 Å². The normalized spacial score (nSPS) is 15.6. The largest absolute Gasteiger partial charge is 0.463 e. The zero-order chi connectivity index (χ0) is 32.6. The second kappa shape index (κ2) is 14.8. The number of esters is 2. The van der Waals surface area contributed by atoms with E-state index < -0.39 is 17.2 Å². The molecule has 4 aromatic rings. The van der Waals surface area contributed by atoms with E-state index in [-0.39, 0.29) is 24.9 Å². The van der Waals surface area contributed by atoms with E-state index in [1.54, 1.807) is 42.6 Å². The van der Waals surface area contributed by atoms with Crippen molar-refractivity contribution in [2.45, 2.75) is 64.2 Å². The molecule has 1 N–H and O–H groups in total. The van der Waals surface area contributed by atoms with Gasteiger partial charge in [-0.05, 0) is 80.9 Å². The molecule has 0 aliphatic carbocycles. The van der Waals surface area contributed by atoms with Crippen molar-refractivity contribution in [2.75, 3.05) is 19.7 Å². The van der Waals surface area contributed by atoms with Gasteiger partial charge in [0.2, 0.25) is 5.60 Å². The number of pyridine rings is 1. The summed E-state index contributed by atoms with van der Waals surface area (Å²) in [4.78, 5) is 32.7. The van der Waals surface area contributed by atoms with Gasteiger partial charge in [-0.1, -0.05) is 91.0 Å². The molecule has 0 saturated carbocycles. The van der Waals surface area contributed by atoms with Crippen LogP contribution in [0.3, 0.4) is 0 Å². The summed E-state index contributed by atoms with van der Waals surface area (Å²) in [7, 11) is 0. The lowest BCUT2D eigenvalue weighted by atomic mass is 9.85. The first-order chi connectivity index (χ1) is 22.1. The average Bonchev–Trinajstić information content (AvgIpc) is 3.07. The molecule has 7 heteroatoms. The molecule has 46 heavy (non-hydrogen) atoms. The van der Waals surface area contributed by atoms with Gasteiger partial charge in [-0.3, -0.25) is 14.7 Å². The number of likely N-dealkylation sites (tertiary alicyclic amines) is 1. The van der Waals surface area contributed by atoms with Crippen molar-refractivity contribution in [2.24, 2.45) is 5.92 Å². The van der Waals surface area contributed by atoms with Gasteiger partial charge in [0.05, 0.1) is 13.0 Å². The van der Waals surface area contributed by atoms with Gasteiger partial charge in [-0.2, -0.15) is 0 Å². The van der Waals surface area contributed by atoms with Crippen LogP contribution in [-0.2, 0) is 37.6 Å². The molecule has 0 amide bonds. The number of hydrogen-bond donors (Lipinski definition) is 1. The molecule has 0 bridgehead atoms.